The molecular formula is C20H22N2O3. The summed E-state index contributed by atoms with van der Waals surface area (Å²) < 4.78 is 11.8. The molecule has 0 amide bonds. The van der Waals surface area contributed by atoms with Gasteiger partial charge in [0.15, 0.2) is 0 Å². The molecule has 1 aromatic heterocycles. The SMILES string of the molecule is COc1ccc2c3c([nH]c2c1)[C@@H]1C[C@H]2/C(=C\CO)CN1[C@@H]1[C@H]2CO[C@H]31. The fourth-order valence-corrected chi connectivity index (χ4v) is 5.93. The van der Waals surface area contributed by atoms with Crippen molar-refractivity contribution in [2.45, 2.75) is 24.6 Å². The molecule has 0 spiro atoms. The summed E-state index contributed by atoms with van der Waals surface area (Å²) in [5.74, 6) is 1.99. The van der Waals surface area contributed by atoms with Gasteiger partial charge in [0, 0.05) is 46.7 Å². The van der Waals surface area contributed by atoms with Crippen LogP contribution in [0.1, 0.15) is 29.8 Å². The Morgan fingerprint density at radius 2 is 2.36 bits per heavy atom. The number of aromatic nitrogens is 1. The van der Waals surface area contributed by atoms with Gasteiger partial charge < -0.3 is 19.6 Å². The summed E-state index contributed by atoms with van der Waals surface area (Å²) in [6, 6.07) is 7.23. The first kappa shape index (κ1) is 14.4. The Kier molecular flexibility index (Phi) is 2.80. The van der Waals surface area contributed by atoms with E-state index in [-0.39, 0.29) is 12.7 Å². The molecule has 0 aliphatic carbocycles. The van der Waals surface area contributed by atoms with Gasteiger partial charge in [-0.15, -0.1) is 0 Å². The van der Waals surface area contributed by atoms with Crippen LogP contribution in [0.15, 0.2) is 29.8 Å². The second-order valence-corrected chi connectivity index (χ2v) is 7.76. The zero-order valence-electron chi connectivity index (χ0n) is 14.2. The minimum atomic E-state index is 0.142. The summed E-state index contributed by atoms with van der Waals surface area (Å²) in [6.07, 6.45) is 3.31. The number of piperidine rings is 3. The van der Waals surface area contributed by atoms with Gasteiger partial charge in [0.05, 0.1) is 26.4 Å². The molecule has 5 aliphatic heterocycles. The molecule has 5 nitrogen and oxygen atoms in total. The van der Waals surface area contributed by atoms with Crippen LogP contribution in [0.2, 0.25) is 0 Å². The molecule has 1 unspecified atom stereocenters. The maximum absolute atomic E-state index is 9.38. The predicted molar refractivity (Wildman–Crippen MR) is 93.5 cm³/mol. The minimum Gasteiger partial charge on any atom is -0.497 e. The fraction of sp³-hybridized carbons (Fsp3) is 0.500. The van der Waals surface area contributed by atoms with Gasteiger partial charge in [0.1, 0.15) is 11.9 Å². The average Bonchev–Trinajstić information content (AvgIpc) is 3.24. The van der Waals surface area contributed by atoms with E-state index in [1.807, 2.05) is 12.1 Å². The molecule has 130 valence electrons. The topological polar surface area (TPSA) is 57.7 Å². The highest BCUT2D eigenvalue weighted by Gasteiger charge is 2.59. The third-order valence-electron chi connectivity index (χ3n) is 6.88. The van der Waals surface area contributed by atoms with Gasteiger partial charge in [-0.1, -0.05) is 11.6 Å². The zero-order valence-corrected chi connectivity index (χ0v) is 14.2. The van der Waals surface area contributed by atoms with Crippen LogP contribution in [0.4, 0.5) is 0 Å². The number of methoxy groups -OCH3 is 1. The van der Waals surface area contributed by atoms with E-state index in [0.717, 1.165) is 30.8 Å². The van der Waals surface area contributed by atoms with Gasteiger partial charge in [-0.2, -0.15) is 0 Å². The van der Waals surface area contributed by atoms with Crippen molar-refractivity contribution in [1.29, 1.82) is 0 Å². The number of nitrogens with one attached hydrogen (secondary N) is 1. The lowest BCUT2D eigenvalue weighted by Crippen LogP contribution is -2.59. The molecule has 4 saturated heterocycles. The molecule has 5 heteroatoms. The number of hydrogen-bond acceptors (Lipinski definition) is 4. The first-order valence-electron chi connectivity index (χ1n) is 9.16. The summed E-state index contributed by atoms with van der Waals surface area (Å²) >= 11 is 0. The second-order valence-electron chi connectivity index (χ2n) is 7.76. The molecule has 5 aliphatic rings. The molecule has 1 aromatic carbocycles. The van der Waals surface area contributed by atoms with Gasteiger partial charge >= 0.3 is 0 Å². The van der Waals surface area contributed by atoms with Gasteiger partial charge in [-0.25, -0.2) is 0 Å². The zero-order chi connectivity index (χ0) is 16.7. The lowest BCUT2D eigenvalue weighted by atomic mass is 9.64. The quantitative estimate of drug-likeness (QED) is 0.826. The fourth-order valence-electron chi connectivity index (χ4n) is 5.93. The number of fused-ring (bicyclic) bond motifs is 5. The monoisotopic (exact) mass is 338 g/mol. The molecule has 6 atom stereocenters. The molecule has 0 radical (unpaired) electrons. The molecule has 0 saturated carbocycles. The lowest BCUT2D eigenvalue weighted by Gasteiger charge is -2.57. The number of rotatable bonds is 2. The van der Waals surface area contributed by atoms with Gasteiger partial charge in [-0.05, 0) is 24.5 Å². The van der Waals surface area contributed by atoms with Crippen molar-refractivity contribution in [1.82, 2.24) is 9.88 Å². The summed E-state index contributed by atoms with van der Waals surface area (Å²) in [6.45, 7) is 1.94. The molecule has 6 heterocycles. The average molecular weight is 338 g/mol. The third kappa shape index (κ3) is 1.69. The number of aromatic amines is 1. The summed E-state index contributed by atoms with van der Waals surface area (Å²) in [4.78, 5) is 6.31. The van der Waals surface area contributed by atoms with Crippen molar-refractivity contribution in [3.63, 3.8) is 0 Å². The highest BCUT2D eigenvalue weighted by Crippen LogP contribution is 2.60. The van der Waals surface area contributed by atoms with E-state index in [2.05, 4.69) is 22.0 Å². The van der Waals surface area contributed by atoms with Gasteiger partial charge in [-0.3, -0.25) is 4.90 Å². The molecule has 2 N–H and O–H groups in total. The number of benzene rings is 1. The maximum atomic E-state index is 9.38. The maximum Gasteiger partial charge on any atom is 0.120 e. The van der Waals surface area contributed by atoms with Crippen LogP contribution in [0, 0.1) is 11.8 Å². The van der Waals surface area contributed by atoms with Crippen LogP contribution in [-0.4, -0.2) is 47.9 Å². The molecule has 4 bridgehead atoms. The number of H-pyrrole nitrogens is 1. The van der Waals surface area contributed by atoms with Crippen molar-refractivity contribution in [2.24, 2.45) is 11.8 Å². The highest BCUT2D eigenvalue weighted by molar-refractivity contribution is 5.87. The molecule has 4 fully saturated rings. The number of ether oxygens (including phenoxy) is 2. The van der Waals surface area contributed by atoms with E-state index < -0.39 is 0 Å². The lowest BCUT2D eigenvalue weighted by molar-refractivity contribution is -0.0335. The van der Waals surface area contributed by atoms with Crippen LogP contribution in [0.25, 0.3) is 10.9 Å². The second kappa shape index (κ2) is 4.87. The van der Waals surface area contributed by atoms with E-state index in [1.165, 1.54) is 22.2 Å². The van der Waals surface area contributed by atoms with Crippen molar-refractivity contribution < 1.29 is 14.6 Å². The van der Waals surface area contributed by atoms with Crippen molar-refractivity contribution in [3.05, 3.63) is 41.1 Å². The van der Waals surface area contributed by atoms with E-state index in [0.29, 0.717) is 23.9 Å². The molecule has 2 aromatic rings. The van der Waals surface area contributed by atoms with Crippen molar-refractivity contribution >= 4 is 10.9 Å². The summed E-state index contributed by atoms with van der Waals surface area (Å²) in [5, 5.41) is 10.7. The first-order chi connectivity index (χ1) is 12.3. The Labute approximate surface area is 146 Å². The largest absolute Gasteiger partial charge is 0.497 e. The van der Waals surface area contributed by atoms with E-state index in [1.54, 1.807) is 7.11 Å². The Bertz CT molecular complexity index is 902. The van der Waals surface area contributed by atoms with Crippen molar-refractivity contribution in [3.8, 4) is 5.75 Å². The first-order valence-corrected chi connectivity index (χ1v) is 9.16. The van der Waals surface area contributed by atoms with Crippen LogP contribution < -0.4 is 4.74 Å². The van der Waals surface area contributed by atoms with E-state index in [4.69, 9.17) is 9.47 Å². The number of aliphatic hydroxyl groups is 1. The van der Waals surface area contributed by atoms with Gasteiger partial charge in [0.2, 0.25) is 0 Å². The van der Waals surface area contributed by atoms with Gasteiger partial charge in [0.25, 0.3) is 0 Å². The number of hydrogen-bond donors (Lipinski definition) is 2. The predicted octanol–water partition coefficient (Wildman–Crippen LogP) is 2.54. The van der Waals surface area contributed by atoms with Crippen LogP contribution in [0.5, 0.6) is 5.75 Å². The Morgan fingerprint density at radius 3 is 3.20 bits per heavy atom. The van der Waals surface area contributed by atoms with Crippen molar-refractivity contribution in [2.75, 3.05) is 26.9 Å². The van der Waals surface area contributed by atoms with Crippen LogP contribution >= 0.6 is 0 Å². The summed E-state index contributed by atoms with van der Waals surface area (Å²) in [5.41, 5.74) is 5.26. The Morgan fingerprint density at radius 1 is 1.44 bits per heavy atom. The van der Waals surface area contributed by atoms with Crippen LogP contribution in [0.3, 0.4) is 0 Å². The number of aliphatic hydroxyl groups excluding tert-OH is 1. The van der Waals surface area contributed by atoms with Crippen LogP contribution in [-0.2, 0) is 4.74 Å². The smallest absolute Gasteiger partial charge is 0.120 e. The third-order valence-corrected chi connectivity index (χ3v) is 6.88. The van der Waals surface area contributed by atoms with E-state index in [9.17, 15) is 5.11 Å². The Balaban J connectivity index is 1.55. The number of nitrogens with zero attached hydrogens (tertiary/aromatic N) is 1. The molecule has 7 rings (SSSR count). The standard InChI is InChI=1S/C20H22N2O3/c1-24-11-2-3-12-15(6-11)21-18-16-7-13-10(4-5-23)8-22(16)19-14(13)9-25-20(19)17(12)18/h2-4,6,13-14,16,19-21,23H,5,7-9H2,1H3/b10-4-/t13-,14-,16-,19+,20+/m0/s1. The molecule has 25 heavy (non-hydrogen) atoms. The molecular weight excluding hydrogens is 316 g/mol. The summed E-state index contributed by atoms with van der Waals surface area (Å²) in [7, 11) is 1.71. The normalized spacial score (nSPS) is 39.2. The van der Waals surface area contributed by atoms with E-state index >= 15 is 0 Å². The minimum absolute atomic E-state index is 0.142. The Hall–Kier alpha value is -1.82. The highest BCUT2D eigenvalue weighted by atomic mass is 16.5.